The first-order valence-corrected chi connectivity index (χ1v) is 10.2. The van der Waals surface area contributed by atoms with Gasteiger partial charge in [-0.2, -0.15) is 15.1 Å². The van der Waals surface area contributed by atoms with Crippen LogP contribution in [-0.4, -0.2) is 27.0 Å². The number of ether oxygens (including phenoxy) is 1. The van der Waals surface area contributed by atoms with E-state index in [2.05, 4.69) is 10.1 Å². The molecule has 29 heavy (non-hydrogen) atoms. The number of amides is 1. The van der Waals surface area contributed by atoms with Gasteiger partial charge in [-0.15, -0.1) is 0 Å². The Balaban J connectivity index is 1.51. The molecule has 2 aliphatic heterocycles. The Kier molecular flexibility index (Phi) is 5.31. The van der Waals surface area contributed by atoms with Crippen molar-refractivity contribution in [1.82, 2.24) is 5.01 Å². The van der Waals surface area contributed by atoms with Gasteiger partial charge in [0.15, 0.2) is 5.84 Å². The van der Waals surface area contributed by atoms with Gasteiger partial charge in [-0.1, -0.05) is 49.4 Å². The van der Waals surface area contributed by atoms with Crippen LogP contribution < -0.4 is 4.74 Å². The maximum atomic E-state index is 12.4. The molecule has 2 aromatic rings. The lowest BCUT2D eigenvalue weighted by atomic mass is 10.1. The van der Waals surface area contributed by atoms with Gasteiger partial charge in [0.05, 0.1) is 5.57 Å². The highest BCUT2D eigenvalue weighted by Gasteiger charge is 2.35. The van der Waals surface area contributed by atoms with Crippen LogP contribution in [0, 0.1) is 5.41 Å². The fourth-order valence-electron chi connectivity index (χ4n) is 2.98. The molecule has 0 saturated carbocycles. The first kappa shape index (κ1) is 19.1. The van der Waals surface area contributed by atoms with Crippen molar-refractivity contribution in [3.8, 4) is 5.75 Å². The molecule has 0 unspecified atom stereocenters. The molecule has 2 aliphatic rings. The molecule has 1 amide bonds. The number of hydrazone groups is 1. The van der Waals surface area contributed by atoms with E-state index in [0.29, 0.717) is 5.17 Å². The van der Waals surface area contributed by atoms with E-state index >= 15 is 0 Å². The molecule has 0 saturated heterocycles. The second kappa shape index (κ2) is 8.05. The van der Waals surface area contributed by atoms with Crippen LogP contribution in [-0.2, 0) is 4.79 Å². The van der Waals surface area contributed by atoms with E-state index in [1.807, 2.05) is 68.4 Å². The van der Waals surface area contributed by atoms with Crippen LogP contribution in [0.5, 0.6) is 5.75 Å². The molecule has 2 aromatic carbocycles. The average molecular weight is 404 g/mol. The molecule has 1 N–H and O–H groups in total. The molecular weight excluding hydrogens is 384 g/mol. The fraction of sp³-hybridized carbons (Fsp3) is 0.182. The van der Waals surface area contributed by atoms with Crippen LogP contribution >= 0.6 is 11.8 Å². The monoisotopic (exact) mass is 404 g/mol. The Labute approximate surface area is 173 Å². The van der Waals surface area contributed by atoms with Gasteiger partial charge in [-0.25, -0.2) is 0 Å². The van der Waals surface area contributed by atoms with Crippen molar-refractivity contribution in [2.24, 2.45) is 10.1 Å². The van der Waals surface area contributed by atoms with E-state index in [4.69, 9.17) is 10.1 Å². The molecule has 0 spiro atoms. The van der Waals surface area contributed by atoms with E-state index in [0.717, 1.165) is 28.3 Å². The van der Waals surface area contributed by atoms with Crippen molar-refractivity contribution in [3.63, 3.8) is 0 Å². The predicted molar refractivity (Wildman–Crippen MR) is 117 cm³/mol. The first-order valence-electron chi connectivity index (χ1n) is 9.36. The normalized spacial score (nSPS) is 18.4. The number of hydrogen-bond acceptors (Lipinski definition) is 5. The number of carbonyl (C=O) groups excluding carboxylic acids is 1. The van der Waals surface area contributed by atoms with Crippen LogP contribution in [0.2, 0.25) is 0 Å². The van der Waals surface area contributed by atoms with Crippen molar-refractivity contribution in [2.75, 3.05) is 0 Å². The van der Waals surface area contributed by atoms with Gasteiger partial charge in [0.25, 0.3) is 5.91 Å². The smallest absolute Gasteiger partial charge is 0.283 e. The number of hydrogen-bond donors (Lipinski definition) is 1. The number of amidine groups is 2. The summed E-state index contributed by atoms with van der Waals surface area (Å²) in [5, 5.41) is 15.4. The second-order valence-electron chi connectivity index (χ2n) is 6.61. The maximum absolute atomic E-state index is 12.4. The number of rotatable bonds is 5. The minimum absolute atomic E-state index is 0.0500. The summed E-state index contributed by atoms with van der Waals surface area (Å²) in [6.07, 6.45) is 2.34. The Bertz CT molecular complexity index is 1040. The van der Waals surface area contributed by atoms with Gasteiger partial charge in [0.1, 0.15) is 16.9 Å². The van der Waals surface area contributed by atoms with E-state index in [-0.39, 0.29) is 17.5 Å². The molecule has 0 fully saturated rings. The zero-order chi connectivity index (χ0) is 20.4. The minimum Gasteiger partial charge on any atom is -0.486 e. The summed E-state index contributed by atoms with van der Waals surface area (Å²) in [6, 6.07) is 17.4. The Morgan fingerprint density at radius 3 is 2.59 bits per heavy atom. The fourth-order valence-corrected chi connectivity index (χ4v) is 3.80. The van der Waals surface area contributed by atoms with Gasteiger partial charge in [-0.05, 0) is 54.4 Å². The van der Waals surface area contributed by atoms with Crippen molar-refractivity contribution in [1.29, 1.82) is 5.41 Å². The Hall–Kier alpha value is -3.19. The summed E-state index contributed by atoms with van der Waals surface area (Å²) < 4.78 is 5.99. The molecule has 146 valence electrons. The van der Waals surface area contributed by atoms with Crippen molar-refractivity contribution < 1.29 is 9.53 Å². The van der Waals surface area contributed by atoms with Crippen molar-refractivity contribution in [3.05, 3.63) is 71.3 Å². The van der Waals surface area contributed by atoms with Crippen LogP contribution in [0.3, 0.4) is 0 Å². The van der Waals surface area contributed by atoms with E-state index in [9.17, 15) is 4.79 Å². The number of thioether (sulfide) groups is 1. The standard InChI is InChI=1S/C22H20N4O2S/c1-3-19-25-26-20(23)18(21(27)24-22(26)29-19)13-15-9-11-17(12-10-15)28-14(2)16-7-5-4-6-8-16/h4-14,23H,3H2,1-2H3/b18-13-,23-20?/t14-/m0/s1. The highest BCUT2D eigenvalue weighted by atomic mass is 32.2. The number of benzene rings is 2. The predicted octanol–water partition coefficient (Wildman–Crippen LogP) is 4.86. The maximum Gasteiger partial charge on any atom is 0.283 e. The number of aliphatic imine (C=N–C) groups is 1. The van der Waals surface area contributed by atoms with Crippen molar-refractivity contribution in [2.45, 2.75) is 26.4 Å². The molecule has 4 rings (SSSR count). The van der Waals surface area contributed by atoms with Crippen LogP contribution in [0.25, 0.3) is 6.08 Å². The average Bonchev–Trinajstić information content (AvgIpc) is 3.16. The highest BCUT2D eigenvalue weighted by Crippen LogP contribution is 2.29. The minimum atomic E-state index is -0.417. The molecule has 0 aromatic heterocycles. The number of fused-ring (bicyclic) bond motifs is 1. The third-order valence-electron chi connectivity index (χ3n) is 4.57. The lowest BCUT2D eigenvalue weighted by molar-refractivity contribution is -0.114. The number of nitrogens with zero attached hydrogens (tertiary/aromatic N) is 3. The Morgan fingerprint density at radius 2 is 1.90 bits per heavy atom. The molecule has 2 heterocycles. The molecular formula is C22H20N4O2S. The topological polar surface area (TPSA) is 78.1 Å². The summed E-state index contributed by atoms with van der Waals surface area (Å²) >= 11 is 1.34. The van der Waals surface area contributed by atoms with Crippen LogP contribution in [0.1, 0.15) is 37.5 Å². The van der Waals surface area contributed by atoms with Crippen molar-refractivity contribution >= 4 is 39.8 Å². The SMILES string of the molecule is CCC1=NN2C(=N)/C(=C/c3ccc(O[C@@H](C)c4ccccc4)cc3)C(=O)N=C2S1. The number of nitrogens with one attached hydrogen (secondary N) is 1. The highest BCUT2D eigenvalue weighted by molar-refractivity contribution is 8.26. The van der Waals surface area contributed by atoms with Crippen LogP contribution in [0.4, 0.5) is 0 Å². The van der Waals surface area contributed by atoms with Gasteiger partial charge in [0, 0.05) is 0 Å². The summed E-state index contributed by atoms with van der Waals surface area (Å²) in [5.41, 5.74) is 2.12. The summed E-state index contributed by atoms with van der Waals surface area (Å²) in [4.78, 5) is 16.5. The molecule has 0 bridgehead atoms. The van der Waals surface area contributed by atoms with E-state index in [1.165, 1.54) is 16.8 Å². The van der Waals surface area contributed by atoms with E-state index < -0.39 is 5.91 Å². The summed E-state index contributed by atoms with van der Waals surface area (Å²) in [7, 11) is 0. The Morgan fingerprint density at radius 1 is 1.17 bits per heavy atom. The molecule has 7 heteroatoms. The summed E-state index contributed by atoms with van der Waals surface area (Å²) in [5.74, 6) is 0.371. The second-order valence-corrected chi connectivity index (χ2v) is 7.65. The molecule has 6 nitrogen and oxygen atoms in total. The van der Waals surface area contributed by atoms with Gasteiger partial charge < -0.3 is 4.74 Å². The number of carbonyl (C=O) groups is 1. The van der Waals surface area contributed by atoms with E-state index in [1.54, 1.807) is 6.08 Å². The molecule has 1 atom stereocenters. The molecule has 0 aliphatic carbocycles. The zero-order valence-electron chi connectivity index (χ0n) is 16.1. The summed E-state index contributed by atoms with van der Waals surface area (Å²) in [6.45, 7) is 3.98. The lowest BCUT2D eigenvalue weighted by Crippen LogP contribution is -2.35. The zero-order valence-corrected chi connectivity index (χ0v) is 16.9. The van der Waals surface area contributed by atoms with Crippen LogP contribution in [0.15, 0.2) is 70.3 Å². The van der Waals surface area contributed by atoms with Gasteiger partial charge >= 0.3 is 0 Å². The van der Waals surface area contributed by atoms with Gasteiger partial charge in [0.2, 0.25) is 5.17 Å². The lowest BCUT2D eigenvalue weighted by Gasteiger charge is -2.20. The molecule has 0 radical (unpaired) electrons. The van der Waals surface area contributed by atoms with Gasteiger partial charge in [-0.3, -0.25) is 10.2 Å². The third-order valence-corrected chi connectivity index (χ3v) is 5.62. The quantitative estimate of drug-likeness (QED) is 0.722. The first-order chi connectivity index (χ1) is 14.0. The largest absolute Gasteiger partial charge is 0.486 e. The third kappa shape index (κ3) is 4.00.